The summed E-state index contributed by atoms with van der Waals surface area (Å²) in [4.78, 5) is 7.95. The van der Waals surface area contributed by atoms with Gasteiger partial charge in [-0.15, -0.1) is 0 Å². The van der Waals surface area contributed by atoms with Crippen molar-refractivity contribution < 1.29 is 5.11 Å². The minimum atomic E-state index is -0.381. The van der Waals surface area contributed by atoms with Gasteiger partial charge in [0.05, 0.1) is 6.10 Å². The Morgan fingerprint density at radius 3 is 2.50 bits per heavy atom. The molecule has 1 heterocycles. The van der Waals surface area contributed by atoms with Crippen LogP contribution in [0.15, 0.2) is 12.4 Å². The molecule has 1 aromatic rings. The van der Waals surface area contributed by atoms with E-state index >= 15 is 0 Å². The number of nitrogens with zero attached hydrogens (tertiary/aromatic N) is 2. The van der Waals surface area contributed by atoms with Gasteiger partial charge in [0, 0.05) is 18.9 Å². The highest BCUT2D eigenvalue weighted by Gasteiger charge is 2.15. The van der Waals surface area contributed by atoms with Crippen LogP contribution < -0.4 is 5.32 Å². The lowest BCUT2D eigenvalue weighted by Gasteiger charge is -2.20. The fourth-order valence-electron chi connectivity index (χ4n) is 1.64. The van der Waals surface area contributed by atoms with Gasteiger partial charge in [0.2, 0.25) is 0 Å². The van der Waals surface area contributed by atoms with Crippen LogP contribution in [0.25, 0.3) is 0 Å². The third-order valence-electron chi connectivity index (χ3n) is 2.73. The predicted molar refractivity (Wildman–Crippen MR) is 65.6 cm³/mol. The van der Waals surface area contributed by atoms with Gasteiger partial charge in [0.1, 0.15) is 0 Å². The number of aliphatic hydroxyl groups excluding tert-OH is 1. The number of hydrogen-bond donors (Lipinski definition) is 2. The Kier molecular flexibility index (Phi) is 5.49. The number of rotatable bonds is 6. The maximum absolute atomic E-state index is 9.91. The summed E-state index contributed by atoms with van der Waals surface area (Å²) in [5.41, 5.74) is 0. The third kappa shape index (κ3) is 3.61. The Morgan fingerprint density at radius 2 is 1.94 bits per heavy atom. The molecule has 0 aromatic carbocycles. The first-order valence-electron chi connectivity index (χ1n) is 5.57. The maximum Gasteiger partial charge on any atom is 0.171 e. The topological polar surface area (TPSA) is 58.0 Å². The first-order valence-corrected chi connectivity index (χ1v) is 5.95. The number of aromatic nitrogens is 2. The molecule has 0 saturated carbocycles. The minimum Gasteiger partial charge on any atom is -0.391 e. The summed E-state index contributed by atoms with van der Waals surface area (Å²) in [5.74, 6) is 0.831. The van der Waals surface area contributed by atoms with Gasteiger partial charge in [-0.05, 0) is 5.92 Å². The van der Waals surface area contributed by atoms with Crippen molar-refractivity contribution in [1.29, 1.82) is 0 Å². The van der Waals surface area contributed by atoms with E-state index in [9.17, 15) is 5.11 Å². The summed E-state index contributed by atoms with van der Waals surface area (Å²) >= 11 is 5.84. The van der Waals surface area contributed by atoms with Gasteiger partial charge in [-0.25, -0.2) is 9.97 Å². The number of halogens is 1. The number of nitrogens with one attached hydrogen (secondary N) is 1. The highest BCUT2D eigenvalue weighted by atomic mass is 35.5. The van der Waals surface area contributed by atoms with Crippen LogP contribution in [0.1, 0.15) is 26.7 Å². The van der Waals surface area contributed by atoms with Crippen LogP contribution in [0.4, 0.5) is 5.82 Å². The molecular weight excluding hydrogens is 226 g/mol. The van der Waals surface area contributed by atoms with Gasteiger partial charge in [-0.3, -0.25) is 0 Å². The summed E-state index contributed by atoms with van der Waals surface area (Å²) in [6.07, 6.45) is 4.65. The van der Waals surface area contributed by atoms with Crippen molar-refractivity contribution in [1.82, 2.24) is 9.97 Å². The third-order valence-corrected chi connectivity index (χ3v) is 3.00. The first-order chi connectivity index (χ1) is 7.69. The quantitative estimate of drug-likeness (QED) is 0.805. The van der Waals surface area contributed by atoms with Crippen LogP contribution >= 0.6 is 11.6 Å². The van der Waals surface area contributed by atoms with E-state index in [1.54, 1.807) is 6.20 Å². The molecule has 0 fully saturated rings. The number of aliphatic hydroxyl groups is 1. The highest BCUT2D eigenvalue weighted by Crippen LogP contribution is 2.17. The molecule has 4 nitrogen and oxygen atoms in total. The molecule has 90 valence electrons. The van der Waals surface area contributed by atoms with E-state index in [0.717, 1.165) is 12.8 Å². The summed E-state index contributed by atoms with van der Waals surface area (Å²) in [6, 6.07) is 0. The summed E-state index contributed by atoms with van der Waals surface area (Å²) in [6.45, 7) is 4.60. The van der Waals surface area contributed by atoms with Gasteiger partial charge in [-0.1, -0.05) is 38.3 Å². The molecule has 1 aromatic heterocycles. The van der Waals surface area contributed by atoms with Crippen molar-refractivity contribution >= 4 is 17.4 Å². The van der Waals surface area contributed by atoms with Gasteiger partial charge >= 0.3 is 0 Å². The van der Waals surface area contributed by atoms with Crippen LogP contribution in [-0.2, 0) is 0 Å². The van der Waals surface area contributed by atoms with Crippen LogP contribution in [0.2, 0.25) is 5.15 Å². The highest BCUT2D eigenvalue weighted by molar-refractivity contribution is 6.31. The Labute approximate surface area is 101 Å². The van der Waals surface area contributed by atoms with E-state index in [4.69, 9.17) is 11.6 Å². The molecule has 0 amide bonds. The lowest BCUT2D eigenvalue weighted by atomic mass is 9.97. The van der Waals surface area contributed by atoms with E-state index in [1.807, 2.05) is 0 Å². The average molecular weight is 244 g/mol. The van der Waals surface area contributed by atoms with Crippen LogP contribution in [-0.4, -0.2) is 27.7 Å². The van der Waals surface area contributed by atoms with Crippen molar-refractivity contribution in [2.75, 3.05) is 11.9 Å². The molecule has 16 heavy (non-hydrogen) atoms. The molecule has 0 aliphatic rings. The molecule has 0 radical (unpaired) electrons. The van der Waals surface area contributed by atoms with Crippen molar-refractivity contribution in [3.63, 3.8) is 0 Å². The molecule has 2 N–H and O–H groups in total. The zero-order valence-corrected chi connectivity index (χ0v) is 10.4. The van der Waals surface area contributed by atoms with Crippen molar-refractivity contribution in [3.8, 4) is 0 Å². The zero-order valence-electron chi connectivity index (χ0n) is 9.65. The fraction of sp³-hybridized carbons (Fsp3) is 0.636. The normalized spacial score (nSPS) is 12.8. The second-order valence-electron chi connectivity index (χ2n) is 3.72. The molecule has 0 saturated heterocycles. The predicted octanol–water partition coefficient (Wildman–Crippen LogP) is 2.34. The minimum absolute atomic E-state index is 0.308. The Bertz CT molecular complexity index is 318. The smallest absolute Gasteiger partial charge is 0.171 e. The molecule has 0 bridgehead atoms. The van der Waals surface area contributed by atoms with Gasteiger partial charge in [0.25, 0.3) is 0 Å². The second kappa shape index (κ2) is 6.66. The van der Waals surface area contributed by atoms with Gasteiger partial charge in [0.15, 0.2) is 11.0 Å². The van der Waals surface area contributed by atoms with Gasteiger partial charge < -0.3 is 10.4 Å². The van der Waals surface area contributed by atoms with Crippen LogP contribution in [0, 0.1) is 5.92 Å². The average Bonchev–Trinajstić information content (AvgIpc) is 2.29. The number of hydrogen-bond acceptors (Lipinski definition) is 4. The molecule has 1 unspecified atom stereocenters. The molecule has 0 aliphatic carbocycles. The summed E-state index contributed by atoms with van der Waals surface area (Å²) < 4.78 is 0. The standard InChI is InChI=1S/C11H18ClN3O/c1-3-8(4-2)9(16)7-15-11-10(12)13-5-6-14-11/h5-6,8-9,16H,3-4,7H2,1-2H3,(H,14,15). The fourth-order valence-corrected chi connectivity index (χ4v) is 1.81. The summed E-state index contributed by atoms with van der Waals surface area (Å²) in [7, 11) is 0. The largest absolute Gasteiger partial charge is 0.391 e. The van der Waals surface area contributed by atoms with E-state index in [2.05, 4.69) is 29.1 Å². The van der Waals surface area contributed by atoms with E-state index in [0.29, 0.717) is 23.4 Å². The second-order valence-corrected chi connectivity index (χ2v) is 4.08. The monoisotopic (exact) mass is 243 g/mol. The lowest BCUT2D eigenvalue weighted by Crippen LogP contribution is -2.28. The Morgan fingerprint density at radius 1 is 1.31 bits per heavy atom. The van der Waals surface area contributed by atoms with E-state index < -0.39 is 0 Å². The molecule has 5 heteroatoms. The van der Waals surface area contributed by atoms with E-state index in [-0.39, 0.29) is 6.10 Å². The molecule has 1 rings (SSSR count). The maximum atomic E-state index is 9.91. The van der Waals surface area contributed by atoms with Crippen molar-refractivity contribution in [2.24, 2.45) is 5.92 Å². The zero-order chi connectivity index (χ0) is 12.0. The van der Waals surface area contributed by atoms with Gasteiger partial charge in [-0.2, -0.15) is 0 Å². The molecule has 1 atom stereocenters. The Hall–Kier alpha value is -0.870. The lowest BCUT2D eigenvalue weighted by molar-refractivity contribution is 0.114. The van der Waals surface area contributed by atoms with Crippen LogP contribution in [0.3, 0.4) is 0 Å². The SMILES string of the molecule is CCC(CC)C(O)CNc1nccnc1Cl. The Balaban J connectivity index is 2.48. The molecular formula is C11H18ClN3O. The first kappa shape index (κ1) is 13.2. The molecule has 0 spiro atoms. The van der Waals surface area contributed by atoms with E-state index in [1.165, 1.54) is 6.20 Å². The van der Waals surface area contributed by atoms with Crippen molar-refractivity contribution in [2.45, 2.75) is 32.8 Å². The van der Waals surface area contributed by atoms with Crippen LogP contribution in [0.5, 0.6) is 0 Å². The molecule has 0 aliphatic heterocycles. The number of anilines is 1. The van der Waals surface area contributed by atoms with Crippen molar-refractivity contribution in [3.05, 3.63) is 17.5 Å². The summed E-state index contributed by atoms with van der Waals surface area (Å²) in [5, 5.41) is 13.2.